The number of nitrogens with zero attached hydrogens (tertiary/aromatic N) is 4. The fourth-order valence-corrected chi connectivity index (χ4v) is 1.90. The number of hydrogen-bond acceptors (Lipinski definition) is 4. The molecule has 0 saturated carbocycles. The minimum atomic E-state index is -0.298. The van der Waals surface area contributed by atoms with E-state index in [4.69, 9.17) is 16.1 Å². The zero-order valence-corrected chi connectivity index (χ0v) is 11.1. The van der Waals surface area contributed by atoms with Crippen LogP contribution in [0, 0.1) is 5.82 Å². The van der Waals surface area contributed by atoms with Crippen LogP contribution in [0.25, 0.3) is 11.4 Å². The quantitative estimate of drug-likeness (QED) is 0.742. The van der Waals surface area contributed by atoms with Crippen LogP contribution in [-0.2, 0) is 13.0 Å². The van der Waals surface area contributed by atoms with Gasteiger partial charge in [-0.3, -0.25) is 4.68 Å². The molecule has 0 aliphatic heterocycles. The van der Waals surface area contributed by atoms with Gasteiger partial charge >= 0.3 is 0 Å². The monoisotopic (exact) mass is 292 g/mol. The number of halogens is 2. The predicted octanol–water partition coefficient (Wildman–Crippen LogP) is 2.97. The van der Waals surface area contributed by atoms with E-state index in [0.29, 0.717) is 35.3 Å². The Hall–Kier alpha value is -2.21. The summed E-state index contributed by atoms with van der Waals surface area (Å²) in [4.78, 5) is 4.26. The molecule has 0 fully saturated rings. The Morgan fingerprint density at radius 2 is 2.05 bits per heavy atom. The van der Waals surface area contributed by atoms with Crippen LogP contribution in [0.2, 0.25) is 5.02 Å². The standard InChI is InChI=1S/C13H10ClFN4O/c14-10-7-16-19(8-10)6-5-12-17-13(18-20-12)9-1-3-11(15)4-2-9/h1-4,7-8H,5-6H2. The van der Waals surface area contributed by atoms with Gasteiger partial charge in [0.25, 0.3) is 0 Å². The van der Waals surface area contributed by atoms with E-state index in [1.54, 1.807) is 29.2 Å². The van der Waals surface area contributed by atoms with Gasteiger partial charge in [-0.05, 0) is 24.3 Å². The first kappa shape index (κ1) is 12.8. The van der Waals surface area contributed by atoms with Gasteiger partial charge in [0.1, 0.15) is 5.82 Å². The topological polar surface area (TPSA) is 56.7 Å². The molecule has 7 heteroatoms. The molecular formula is C13H10ClFN4O. The Kier molecular flexibility index (Phi) is 3.47. The summed E-state index contributed by atoms with van der Waals surface area (Å²) in [5.41, 5.74) is 0.712. The van der Waals surface area contributed by atoms with E-state index in [1.165, 1.54) is 12.1 Å². The lowest BCUT2D eigenvalue weighted by atomic mass is 10.2. The van der Waals surface area contributed by atoms with Crippen LogP contribution in [0.1, 0.15) is 5.89 Å². The number of aryl methyl sites for hydroxylation is 2. The van der Waals surface area contributed by atoms with E-state index in [0.717, 1.165) is 0 Å². The molecule has 3 aromatic rings. The van der Waals surface area contributed by atoms with Crippen LogP contribution in [0.4, 0.5) is 4.39 Å². The van der Waals surface area contributed by atoms with Gasteiger partial charge in [-0.15, -0.1) is 0 Å². The summed E-state index contributed by atoms with van der Waals surface area (Å²) in [6.45, 7) is 0.595. The average molecular weight is 293 g/mol. The van der Waals surface area contributed by atoms with Crippen molar-refractivity contribution in [3.05, 3.63) is 53.4 Å². The van der Waals surface area contributed by atoms with Crippen molar-refractivity contribution in [1.29, 1.82) is 0 Å². The fraction of sp³-hybridized carbons (Fsp3) is 0.154. The lowest BCUT2D eigenvalue weighted by Gasteiger charge is -1.96. The Labute approximate surface area is 119 Å². The molecule has 2 aromatic heterocycles. The molecular weight excluding hydrogens is 283 g/mol. The van der Waals surface area contributed by atoms with Gasteiger partial charge in [0.05, 0.1) is 11.2 Å². The van der Waals surface area contributed by atoms with Crippen LogP contribution >= 0.6 is 11.6 Å². The van der Waals surface area contributed by atoms with Crippen LogP contribution in [0.3, 0.4) is 0 Å². The Morgan fingerprint density at radius 1 is 1.25 bits per heavy atom. The molecule has 0 radical (unpaired) electrons. The first-order chi connectivity index (χ1) is 9.70. The SMILES string of the molecule is Fc1ccc(-c2noc(CCn3cc(Cl)cn3)n2)cc1. The number of benzene rings is 1. The van der Waals surface area contributed by atoms with Crippen molar-refractivity contribution >= 4 is 11.6 Å². The summed E-state index contributed by atoms with van der Waals surface area (Å²) in [6, 6.07) is 5.93. The Morgan fingerprint density at radius 3 is 2.75 bits per heavy atom. The predicted molar refractivity (Wildman–Crippen MR) is 70.6 cm³/mol. The summed E-state index contributed by atoms with van der Waals surface area (Å²) in [5, 5.41) is 8.51. The lowest BCUT2D eigenvalue weighted by molar-refractivity contribution is 0.369. The highest BCUT2D eigenvalue weighted by molar-refractivity contribution is 6.30. The summed E-state index contributed by atoms with van der Waals surface area (Å²) < 4.78 is 19.7. The molecule has 3 rings (SSSR count). The van der Waals surface area contributed by atoms with Crippen molar-refractivity contribution in [3.8, 4) is 11.4 Å². The van der Waals surface area contributed by atoms with E-state index >= 15 is 0 Å². The van der Waals surface area contributed by atoms with Gasteiger partial charge in [0, 0.05) is 24.7 Å². The van der Waals surface area contributed by atoms with Crippen molar-refractivity contribution in [3.63, 3.8) is 0 Å². The molecule has 5 nitrogen and oxygen atoms in total. The molecule has 0 aliphatic rings. The summed E-state index contributed by atoms with van der Waals surface area (Å²) in [5.74, 6) is 0.641. The van der Waals surface area contributed by atoms with Gasteiger partial charge in [-0.2, -0.15) is 10.1 Å². The van der Waals surface area contributed by atoms with Gasteiger partial charge in [0.2, 0.25) is 11.7 Å². The maximum absolute atomic E-state index is 12.8. The molecule has 102 valence electrons. The third-order valence-corrected chi connectivity index (χ3v) is 2.92. The minimum Gasteiger partial charge on any atom is -0.339 e. The van der Waals surface area contributed by atoms with E-state index in [2.05, 4.69) is 15.2 Å². The Balaban J connectivity index is 1.69. The zero-order chi connectivity index (χ0) is 13.9. The highest BCUT2D eigenvalue weighted by atomic mass is 35.5. The summed E-state index contributed by atoms with van der Waals surface area (Å²) in [7, 11) is 0. The van der Waals surface area contributed by atoms with Crippen molar-refractivity contribution in [2.24, 2.45) is 0 Å². The Bertz CT molecular complexity index is 707. The largest absolute Gasteiger partial charge is 0.339 e. The second-order valence-corrected chi connectivity index (χ2v) is 4.63. The zero-order valence-electron chi connectivity index (χ0n) is 10.3. The van der Waals surface area contributed by atoms with Gasteiger partial charge in [-0.25, -0.2) is 4.39 Å². The van der Waals surface area contributed by atoms with Crippen LogP contribution < -0.4 is 0 Å². The van der Waals surface area contributed by atoms with E-state index in [-0.39, 0.29) is 5.82 Å². The first-order valence-electron chi connectivity index (χ1n) is 5.97. The molecule has 20 heavy (non-hydrogen) atoms. The number of rotatable bonds is 4. The van der Waals surface area contributed by atoms with E-state index < -0.39 is 0 Å². The molecule has 0 aliphatic carbocycles. The normalized spacial score (nSPS) is 10.9. The average Bonchev–Trinajstić information content (AvgIpc) is 3.06. The van der Waals surface area contributed by atoms with E-state index in [1.807, 2.05) is 0 Å². The molecule has 0 saturated heterocycles. The molecule has 0 spiro atoms. The maximum Gasteiger partial charge on any atom is 0.228 e. The van der Waals surface area contributed by atoms with Gasteiger partial charge < -0.3 is 4.52 Å². The van der Waals surface area contributed by atoms with Crippen LogP contribution in [-0.4, -0.2) is 19.9 Å². The third-order valence-electron chi connectivity index (χ3n) is 2.73. The minimum absolute atomic E-state index is 0.298. The molecule has 0 unspecified atom stereocenters. The fourth-order valence-electron chi connectivity index (χ4n) is 1.74. The molecule has 0 bridgehead atoms. The van der Waals surface area contributed by atoms with Crippen LogP contribution in [0.5, 0.6) is 0 Å². The maximum atomic E-state index is 12.8. The van der Waals surface area contributed by atoms with Crippen molar-refractivity contribution < 1.29 is 8.91 Å². The second-order valence-electron chi connectivity index (χ2n) is 4.19. The molecule has 2 heterocycles. The van der Waals surface area contributed by atoms with Crippen LogP contribution in [0.15, 0.2) is 41.2 Å². The van der Waals surface area contributed by atoms with Gasteiger partial charge in [-0.1, -0.05) is 16.8 Å². The van der Waals surface area contributed by atoms with Crippen molar-refractivity contribution in [2.45, 2.75) is 13.0 Å². The molecule has 0 N–H and O–H groups in total. The van der Waals surface area contributed by atoms with Gasteiger partial charge in [0.15, 0.2) is 0 Å². The number of hydrogen-bond donors (Lipinski definition) is 0. The molecule has 0 atom stereocenters. The molecule has 1 aromatic carbocycles. The lowest BCUT2D eigenvalue weighted by Crippen LogP contribution is -2.01. The number of aromatic nitrogens is 4. The summed E-state index contributed by atoms with van der Waals surface area (Å²) in [6.07, 6.45) is 3.84. The molecule has 0 amide bonds. The highest BCUT2D eigenvalue weighted by Crippen LogP contribution is 2.16. The summed E-state index contributed by atoms with van der Waals surface area (Å²) >= 11 is 5.77. The van der Waals surface area contributed by atoms with Crippen molar-refractivity contribution in [2.75, 3.05) is 0 Å². The second kappa shape index (κ2) is 5.42. The highest BCUT2D eigenvalue weighted by Gasteiger charge is 2.09. The van der Waals surface area contributed by atoms with Crippen molar-refractivity contribution in [1.82, 2.24) is 19.9 Å². The smallest absolute Gasteiger partial charge is 0.228 e. The first-order valence-corrected chi connectivity index (χ1v) is 6.35. The van der Waals surface area contributed by atoms with E-state index in [9.17, 15) is 4.39 Å². The third kappa shape index (κ3) is 2.85.